The fourth-order valence-corrected chi connectivity index (χ4v) is 4.43. The molecule has 9 heteroatoms. The first-order chi connectivity index (χ1) is 16.3. The average molecular weight is 490 g/mol. The minimum absolute atomic E-state index is 0.0805. The fourth-order valence-electron chi connectivity index (χ4n) is 4.12. The third-order valence-electron chi connectivity index (χ3n) is 6.08. The molecule has 34 heavy (non-hydrogen) atoms. The lowest BCUT2D eigenvalue weighted by molar-refractivity contribution is -0.153. The number of benzene rings is 1. The number of carbonyl (C=O) groups excluding carboxylic acids is 3. The van der Waals surface area contributed by atoms with Crippen molar-refractivity contribution in [2.24, 2.45) is 5.92 Å². The van der Waals surface area contributed by atoms with Crippen molar-refractivity contribution in [3.05, 3.63) is 29.8 Å². The van der Waals surface area contributed by atoms with E-state index in [0.29, 0.717) is 36.9 Å². The summed E-state index contributed by atoms with van der Waals surface area (Å²) in [6.07, 6.45) is 5.71. The Labute approximate surface area is 206 Å². The number of esters is 1. The van der Waals surface area contributed by atoms with E-state index < -0.39 is 17.9 Å². The molecule has 1 heterocycles. The van der Waals surface area contributed by atoms with E-state index in [9.17, 15) is 14.4 Å². The van der Waals surface area contributed by atoms with Gasteiger partial charge >= 0.3 is 5.97 Å². The van der Waals surface area contributed by atoms with Crippen molar-refractivity contribution in [3.8, 4) is 5.75 Å². The van der Waals surface area contributed by atoms with E-state index >= 15 is 0 Å². The first kappa shape index (κ1) is 25.9. The van der Waals surface area contributed by atoms with Gasteiger partial charge in [0.25, 0.3) is 5.91 Å². The third kappa shape index (κ3) is 7.68. The summed E-state index contributed by atoms with van der Waals surface area (Å²) in [7, 11) is 0. The molecule has 0 aromatic heterocycles. The van der Waals surface area contributed by atoms with Crippen LogP contribution in [0, 0.1) is 5.92 Å². The zero-order chi connectivity index (χ0) is 24.5. The minimum Gasteiger partial charge on any atom is -0.494 e. The lowest BCUT2D eigenvalue weighted by Crippen LogP contribution is -2.60. The van der Waals surface area contributed by atoms with E-state index in [4.69, 9.17) is 21.7 Å². The maximum Gasteiger partial charge on any atom is 0.308 e. The number of rotatable bonds is 8. The van der Waals surface area contributed by atoms with Crippen LogP contribution in [0.3, 0.4) is 0 Å². The van der Waals surface area contributed by atoms with Crippen LogP contribution >= 0.6 is 12.2 Å². The summed E-state index contributed by atoms with van der Waals surface area (Å²) in [5.41, 5.74) is 0.402. The second kappa shape index (κ2) is 12.7. The molecule has 1 saturated carbocycles. The number of hydrogen-bond donors (Lipinski definition) is 2. The van der Waals surface area contributed by atoms with Crippen molar-refractivity contribution in [2.75, 3.05) is 19.7 Å². The minimum atomic E-state index is -0.816. The predicted molar refractivity (Wildman–Crippen MR) is 133 cm³/mol. The number of ether oxygens (including phenoxy) is 2. The van der Waals surface area contributed by atoms with Gasteiger partial charge in [-0.05, 0) is 68.4 Å². The van der Waals surface area contributed by atoms with Gasteiger partial charge in [0.15, 0.2) is 5.11 Å². The number of nitrogens with one attached hydrogen (secondary N) is 2. The summed E-state index contributed by atoms with van der Waals surface area (Å²) in [6, 6.07) is 6.08. The molecule has 2 aliphatic rings. The predicted octanol–water partition coefficient (Wildman–Crippen LogP) is 3.19. The Morgan fingerprint density at radius 2 is 2.00 bits per heavy atom. The van der Waals surface area contributed by atoms with Crippen molar-refractivity contribution in [1.29, 1.82) is 0 Å². The van der Waals surface area contributed by atoms with Gasteiger partial charge in [-0.3, -0.25) is 19.7 Å². The van der Waals surface area contributed by atoms with Gasteiger partial charge in [-0.1, -0.05) is 26.3 Å². The Bertz CT molecular complexity index is 885. The van der Waals surface area contributed by atoms with Crippen molar-refractivity contribution < 1.29 is 23.9 Å². The van der Waals surface area contributed by atoms with Crippen LogP contribution in [0.2, 0.25) is 0 Å². The number of hydrogen-bond acceptors (Lipinski definition) is 6. The van der Waals surface area contributed by atoms with Gasteiger partial charge in [0.2, 0.25) is 5.91 Å². The summed E-state index contributed by atoms with van der Waals surface area (Å²) in [4.78, 5) is 39.5. The molecular formula is C25H35N3O5S. The number of piperazine rings is 1. The average Bonchev–Trinajstić information content (AvgIpc) is 2.81. The molecule has 2 amide bonds. The molecular weight excluding hydrogens is 454 g/mol. The van der Waals surface area contributed by atoms with E-state index in [2.05, 4.69) is 24.5 Å². The molecule has 1 aromatic carbocycles. The molecule has 8 nitrogen and oxygen atoms in total. The highest BCUT2D eigenvalue weighted by atomic mass is 32.1. The maximum absolute atomic E-state index is 12.8. The fraction of sp³-hybridized carbons (Fsp3) is 0.600. The molecule has 1 saturated heterocycles. The summed E-state index contributed by atoms with van der Waals surface area (Å²) < 4.78 is 11.3. The maximum atomic E-state index is 12.8. The first-order valence-electron chi connectivity index (χ1n) is 12.2. The van der Waals surface area contributed by atoms with Gasteiger partial charge in [0, 0.05) is 18.7 Å². The number of amides is 2. The normalized spacial score (nSPS) is 18.9. The molecule has 0 spiro atoms. The van der Waals surface area contributed by atoms with Crippen molar-refractivity contribution in [3.63, 3.8) is 0 Å². The molecule has 1 atom stereocenters. The largest absolute Gasteiger partial charge is 0.494 e. The highest BCUT2D eigenvalue weighted by molar-refractivity contribution is 7.80. The van der Waals surface area contributed by atoms with Crippen LogP contribution < -0.4 is 15.4 Å². The molecule has 0 radical (unpaired) electrons. The lowest BCUT2D eigenvalue weighted by atomic mass is 9.98. The van der Waals surface area contributed by atoms with Gasteiger partial charge in [-0.15, -0.1) is 0 Å². The van der Waals surface area contributed by atoms with Crippen LogP contribution in [0.15, 0.2) is 24.3 Å². The Kier molecular flexibility index (Phi) is 9.68. The van der Waals surface area contributed by atoms with E-state index in [1.807, 2.05) is 0 Å². The number of thiocarbonyl (C=S) groups is 1. The van der Waals surface area contributed by atoms with Gasteiger partial charge in [0.1, 0.15) is 17.9 Å². The smallest absolute Gasteiger partial charge is 0.308 e. The van der Waals surface area contributed by atoms with E-state index in [1.54, 1.807) is 29.2 Å². The van der Waals surface area contributed by atoms with E-state index in [-0.39, 0.29) is 23.5 Å². The Hall–Kier alpha value is -2.68. The molecule has 1 aliphatic heterocycles. The lowest BCUT2D eigenvalue weighted by Gasteiger charge is -2.36. The van der Waals surface area contributed by atoms with Crippen LogP contribution in [-0.2, 0) is 14.3 Å². The summed E-state index contributed by atoms with van der Waals surface area (Å²) in [5, 5.41) is 5.58. The second-order valence-electron chi connectivity index (χ2n) is 9.27. The zero-order valence-electron chi connectivity index (χ0n) is 20.0. The summed E-state index contributed by atoms with van der Waals surface area (Å²) in [6.45, 7) is 5.59. The highest BCUT2D eigenvalue weighted by Crippen LogP contribution is 2.22. The van der Waals surface area contributed by atoms with Gasteiger partial charge in [-0.2, -0.15) is 0 Å². The Morgan fingerprint density at radius 1 is 1.24 bits per heavy atom. The van der Waals surface area contributed by atoms with Gasteiger partial charge in [0.05, 0.1) is 13.0 Å². The van der Waals surface area contributed by atoms with Crippen LogP contribution in [0.5, 0.6) is 5.75 Å². The second-order valence-corrected chi connectivity index (χ2v) is 9.66. The van der Waals surface area contributed by atoms with Crippen LogP contribution in [0.4, 0.5) is 0 Å². The molecule has 2 fully saturated rings. The molecule has 3 rings (SSSR count). The standard InChI is InChI=1S/C25H35N3O5S/c1-17(2)11-14-32-20-10-6-7-18(15-20)23(30)27-25(34)28-13-12-26-24(31)21(28)16-22(29)33-19-8-4-3-5-9-19/h6-7,10,15,17,19,21H,3-5,8-9,11-14,16H2,1-2H3,(H,26,31)(H,27,30,34). The van der Waals surface area contributed by atoms with Crippen LogP contribution in [0.1, 0.15) is 69.2 Å². The summed E-state index contributed by atoms with van der Waals surface area (Å²) >= 11 is 5.46. The van der Waals surface area contributed by atoms with E-state index in [0.717, 1.165) is 38.5 Å². The number of carbonyl (C=O) groups is 3. The summed E-state index contributed by atoms with van der Waals surface area (Å²) in [5.74, 6) is 0.0236. The number of nitrogens with zero attached hydrogens (tertiary/aromatic N) is 1. The zero-order valence-corrected chi connectivity index (χ0v) is 20.8. The topological polar surface area (TPSA) is 97.0 Å². The van der Waals surface area contributed by atoms with Gasteiger partial charge < -0.3 is 19.7 Å². The SMILES string of the molecule is CC(C)CCOc1cccc(C(=O)NC(=S)N2CCNC(=O)C2CC(=O)OC2CCCCC2)c1. The Balaban J connectivity index is 1.58. The molecule has 186 valence electrons. The quantitative estimate of drug-likeness (QED) is 0.428. The van der Waals surface area contributed by atoms with Crippen molar-refractivity contribution in [1.82, 2.24) is 15.5 Å². The first-order valence-corrected chi connectivity index (χ1v) is 12.6. The molecule has 0 bridgehead atoms. The van der Waals surface area contributed by atoms with Crippen LogP contribution in [0.25, 0.3) is 0 Å². The van der Waals surface area contributed by atoms with E-state index in [1.165, 1.54) is 0 Å². The van der Waals surface area contributed by atoms with Crippen molar-refractivity contribution >= 4 is 35.1 Å². The Morgan fingerprint density at radius 3 is 2.74 bits per heavy atom. The third-order valence-corrected chi connectivity index (χ3v) is 6.42. The molecule has 1 aliphatic carbocycles. The monoisotopic (exact) mass is 489 g/mol. The molecule has 2 N–H and O–H groups in total. The van der Waals surface area contributed by atoms with Crippen molar-refractivity contribution in [2.45, 2.75) is 70.9 Å². The molecule has 1 unspecified atom stereocenters. The van der Waals surface area contributed by atoms with Crippen LogP contribution in [-0.4, -0.2) is 59.6 Å². The molecule has 1 aromatic rings. The van der Waals surface area contributed by atoms with Gasteiger partial charge in [-0.25, -0.2) is 0 Å². The highest BCUT2D eigenvalue weighted by Gasteiger charge is 2.35.